The standard InChI is InChI=1S/C18H21N3O2S/c22-18(17-4-2-8-24-17)21-7-6-20-12-16(9-15(20)11-21)23-13-14-3-1-5-19-10-14/h1-5,8,10,15-16H,6-7,9,11-13H2/t15-,16-/m0/s1. The zero-order valence-electron chi connectivity index (χ0n) is 13.5. The van der Waals surface area contributed by atoms with Gasteiger partial charge in [-0.25, -0.2) is 0 Å². The number of pyridine rings is 1. The molecule has 0 spiro atoms. The Kier molecular flexibility index (Phi) is 4.60. The Hall–Kier alpha value is -1.76. The molecule has 0 saturated carbocycles. The highest BCUT2D eigenvalue weighted by Crippen LogP contribution is 2.26. The van der Waals surface area contributed by atoms with Gasteiger partial charge in [-0.1, -0.05) is 12.1 Å². The number of rotatable bonds is 4. The summed E-state index contributed by atoms with van der Waals surface area (Å²) in [6, 6.07) is 8.24. The average Bonchev–Trinajstić information content (AvgIpc) is 3.29. The fourth-order valence-electron chi connectivity index (χ4n) is 3.56. The SMILES string of the molecule is O=C(c1cccs1)N1CCN2C[C@@H](OCc3cccnc3)C[C@H]2C1. The lowest BCUT2D eigenvalue weighted by Gasteiger charge is -2.37. The lowest BCUT2D eigenvalue weighted by atomic mass is 10.1. The van der Waals surface area contributed by atoms with Gasteiger partial charge in [-0.15, -0.1) is 11.3 Å². The van der Waals surface area contributed by atoms with Gasteiger partial charge in [-0.3, -0.25) is 14.7 Å². The molecule has 5 nitrogen and oxygen atoms in total. The van der Waals surface area contributed by atoms with Crippen LogP contribution in [-0.2, 0) is 11.3 Å². The van der Waals surface area contributed by atoms with Gasteiger partial charge >= 0.3 is 0 Å². The molecule has 0 radical (unpaired) electrons. The number of thiophene rings is 1. The van der Waals surface area contributed by atoms with Crippen LogP contribution in [0.15, 0.2) is 42.0 Å². The summed E-state index contributed by atoms with van der Waals surface area (Å²) in [5.74, 6) is 0.171. The first-order chi connectivity index (χ1) is 11.8. The van der Waals surface area contributed by atoms with Gasteiger partial charge in [0.05, 0.1) is 17.6 Å². The Morgan fingerprint density at radius 2 is 2.25 bits per heavy atom. The van der Waals surface area contributed by atoms with E-state index < -0.39 is 0 Å². The molecule has 6 heteroatoms. The summed E-state index contributed by atoms with van der Waals surface area (Å²) in [5.41, 5.74) is 1.11. The third-order valence-corrected chi connectivity index (χ3v) is 5.66. The normalized spacial score (nSPS) is 24.1. The second-order valence-corrected chi connectivity index (χ2v) is 7.35. The maximum absolute atomic E-state index is 12.5. The van der Waals surface area contributed by atoms with Crippen LogP contribution in [0.5, 0.6) is 0 Å². The van der Waals surface area contributed by atoms with Gasteiger partial charge in [0.2, 0.25) is 0 Å². The number of amides is 1. The summed E-state index contributed by atoms with van der Waals surface area (Å²) in [4.78, 5) is 21.9. The number of piperazine rings is 1. The molecule has 1 amide bonds. The predicted molar refractivity (Wildman–Crippen MR) is 93.0 cm³/mol. The molecule has 2 aliphatic heterocycles. The molecule has 0 bridgehead atoms. The molecule has 0 N–H and O–H groups in total. The maximum atomic E-state index is 12.5. The summed E-state index contributed by atoms with van der Waals surface area (Å²) in [5, 5.41) is 1.96. The first-order valence-electron chi connectivity index (χ1n) is 8.37. The van der Waals surface area contributed by atoms with Crippen molar-refractivity contribution in [3.63, 3.8) is 0 Å². The molecular formula is C18H21N3O2S. The quantitative estimate of drug-likeness (QED) is 0.854. The fourth-order valence-corrected chi connectivity index (χ4v) is 4.25. The number of hydrogen-bond acceptors (Lipinski definition) is 5. The highest BCUT2D eigenvalue weighted by atomic mass is 32.1. The predicted octanol–water partition coefficient (Wildman–Crippen LogP) is 2.26. The van der Waals surface area contributed by atoms with Crippen molar-refractivity contribution in [3.8, 4) is 0 Å². The number of carbonyl (C=O) groups excluding carboxylic acids is 1. The van der Waals surface area contributed by atoms with Crippen molar-refractivity contribution in [1.29, 1.82) is 0 Å². The number of nitrogens with zero attached hydrogens (tertiary/aromatic N) is 3. The number of ether oxygens (including phenoxy) is 1. The van der Waals surface area contributed by atoms with Crippen LogP contribution >= 0.6 is 11.3 Å². The number of hydrogen-bond donors (Lipinski definition) is 0. The van der Waals surface area contributed by atoms with Gasteiger partial charge < -0.3 is 9.64 Å². The van der Waals surface area contributed by atoms with E-state index in [4.69, 9.17) is 4.74 Å². The van der Waals surface area contributed by atoms with E-state index in [0.29, 0.717) is 12.6 Å². The van der Waals surface area contributed by atoms with E-state index in [0.717, 1.165) is 43.0 Å². The Balaban J connectivity index is 1.32. The van der Waals surface area contributed by atoms with Crippen LogP contribution in [0, 0.1) is 0 Å². The summed E-state index contributed by atoms with van der Waals surface area (Å²) >= 11 is 1.52. The second-order valence-electron chi connectivity index (χ2n) is 6.41. The minimum absolute atomic E-state index is 0.171. The Bertz CT molecular complexity index is 677. The van der Waals surface area contributed by atoms with E-state index in [9.17, 15) is 4.79 Å². The van der Waals surface area contributed by atoms with E-state index in [1.165, 1.54) is 11.3 Å². The molecule has 2 fully saturated rings. The van der Waals surface area contributed by atoms with Gasteiger partial charge in [0.15, 0.2) is 0 Å². The van der Waals surface area contributed by atoms with Gasteiger partial charge in [0, 0.05) is 44.6 Å². The molecule has 2 saturated heterocycles. The first kappa shape index (κ1) is 15.7. The van der Waals surface area contributed by atoms with Crippen molar-refractivity contribution < 1.29 is 9.53 Å². The summed E-state index contributed by atoms with van der Waals surface area (Å²) in [7, 11) is 0. The molecule has 0 unspecified atom stereocenters. The lowest BCUT2D eigenvalue weighted by Crippen LogP contribution is -2.51. The van der Waals surface area contributed by atoms with E-state index in [2.05, 4.69) is 9.88 Å². The Labute approximate surface area is 145 Å². The van der Waals surface area contributed by atoms with Crippen LogP contribution in [0.1, 0.15) is 21.7 Å². The smallest absolute Gasteiger partial charge is 0.264 e. The van der Waals surface area contributed by atoms with Gasteiger partial charge in [-0.2, -0.15) is 0 Å². The van der Waals surface area contributed by atoms with Crippen LogP contribution < -0.4 is 0 Å². The Morgan fingerprint density at radius 1 is 1.29 bits per heavy atom. The zero-order chi connectivity index (χ0) is 16.4. The number of aromatic nitrogens is 1. The third kappa shape index (κ3) is 3.36. The molecule has 0 aromatic carbocycles. The molecule has 2 atom stereocenters. The largest absolute Gasteiger partial charge is 0.372 e. The van der Waals surface area contributed by atoms with Crippen LogP contribution in [0.25, 0.3) is 0 Å². The fraction of sp³-hybridized carbons (Fsp3) is 0.444. The van der Waals surface area contributed by atoms with Crippen molar-refractivity contribution >= 4 is 17.2 Å². The monoisotopic (exact) mass is 343 g/mol. The maximum Gasteiger partial charge on any atom is 0.264 e. The summed E-state index contributed by atoms with van der Waals surface area (Å²) in [6.07, 6.45) is 4.86. The van der Waals surface area contributed by atoms with E-state index in [-0.39, 0.29) is 12.0 Å². The zero-order valence-corrected chi connectivity index (χ0v) is 14.3. The molecular weight excluding hydrogens is 322 g/mol. The summed E-state index contributed by atoms with van der Waals surface area (Å²) in [6.45, 7) is 4.13. The second kappa shape index (κ2) is 7.01. The van der Waals surface area contributed by atoms with Gasteiger partial charge in [0.25, 0.3) is 5.91 Å². The lowest BCUT2D eigenvalue weighted by molar-refractivity contribution is 0.0450. The molecule has 24 heavy (non-hydrogen) atoms. The first-order valence-corrected chi connectivity index (χ1v) is 9.25. The molecule has 4 heterocycles. The number of carbonyl (C=O) groups is 1. The van der Waals surface area contributed by atoms with E-state index in [1.807, 2.05) is 40.7 Å². The van der Waals surface area contributed by atoms with Crippen LogP contribution in [0.2, 0.25) is 0 Å². The highest BCUT2D eigenvalue weighted by molar-refractivity contribution is 7.12. The molecule has 0 aliphatic carbocycles. The van der Waals surface area contributed by atoms with Crippen LogP contribution in [0.3, 0.4) is 0 Å². The van der Waals surface area contributed by atoms with Crippen molar-refractivity contribution in [2.75, 3.05) is 26.2 Å². The molecule has 2 aromatic heterocycles. The average molecular weight is 343 g/mol. The molecule has 126 valence electrons. The van der Waals surface area contributed by atoms with Gasteiger partial charge in [-0.05, 0) is 29.5 Å². The summed E-state index contributed by atoms with van der Waals surface area (Å²) < 4.78 is 6.07. The van der Waals surface area contributed by atoms with Gasteiger partial charge in [0.1, 0.15) is 0 Å². The van der Waals surface area contributed by atoms with Crippen molar-refractivity contribution in [2.45, 2.75) is 25.2 Å². The molecule has 2 aromatic rings. The Morgan fingerprint density at radius 3 is 3.04 bits per heavy atom. The van der Waals surface area contributed by atoms with E-state index >= 15 is 0 Å². The van der Waals surface area contributed by atoms with Crippen molar-refractivity contribution in [2.24, 2.45) is 0 Å². The van der Waals surface area contributed by atoms with Crippen molar-refractivity contribution in [1.82, 2.24) is 14.8 Å². The topological polar surface area (TPSA) is 45.7 Å². The third-order valence-electron chi connectivity index (χ3n) is 4.81. The van der Waals surface area contributed by atoms with E-state index in [1.54, 1.807) is 6.20 Å². The molecule has 2 aliphatic rings. The molecule has 4 rings (SSSR count). The highest BCUT2D eigenvalue weighted by Gasteiger charge is 2.38. The van der Waals surface area contributed by atoms with Crippen LogP contribution in [0.4, 0.5) is 0 Å². The van der Waals surface area contributed by atoms with Crippen molar-refractivity contribution in [3.05, 3.63) is 52.5 Å². The minimum Gasteiger partial charge on any atom is -0.372 e. The minimum atomic E-state index is 0.171. The van der Waals surface area contributed by atoms with Crippen LogP contribution in [-0.4, -0.2) is 59.0 Å². The number of fused-ring (bicyclic) bond motifs is 1.